The van der Waals surface area contributed by atoms with E-state index in [1.54, 1.807) is 0 Å². The number of rotatable bonds is 4. The fourth-order valence-corrected chi connectivity index (χ4v) is 7.21. The minimum absolute atomic E-state index is 0.0185. The van der Waals surface area contributed by atoms with Gasteiger partial charge in [-0.2, -0.15) is 0 Å². The molecule has 1 saturated heterocycles. The molecule has 0 N–H and O–H groups in total. The molecule has 0 spiro atoms. The van der Waals surface area contributed by atoms with Crippen molar-refractivity contribution in [2.45, 2.75) is 50.9 Å². The molecule has 1 rings (SSSR count). The van der Waals surface area contributed by atoms with Crippen LogP contribution in [0.1, 0.15) is 20.3 Å². The van der Waals surface area contributed by atoms with Gasteiger partial charge in [0, 0.05) is 0 Å². The summed E-state index contributed by atoms with van der Waals surface area (Å²) in [7, 11) is 1.46. The van der Waals surface area contributed by atoms with Crippen LogP contribution in [0, 0.1) is 0 Å². The first-order chi connectivity index (χ1) is 7.65. The van der Waals surface area contributed by atoms with Crippen molar-refractivity contribution in [1.82, 2.24) is 0 Å². The van der Waals surface area contributed by atoms with E-state index in [-0.39, 0.29) is 16.0 Å². The Kier molecular flexibility index (Phi) is 4.88. The number of ether oxygens (including phenoxy) is 3. The normalized spacial score (nSPS) is 25.6. The summed E-state index contributed by atoms with van der Waals surface area (Å²) in [6, 6.07) is 0. The molecule has 0 aromatic carbocycles. The standard InChI is InChI=1S/C9H15O4.3CH3.Sn/c1-9(2)12-6-7(13-9)4-5-8(10)11-3;;;;/h5,7H,4,6H2,1-3H3;3*1H3;/t7-;;;;/m1..../s1. The van der Waals surface area contributed by atoms with Crippen molar-refractivity contribution in [3.8, 4) is 0 Å². The average molecular weight is 351 g/mol. The molecular formula is C12H24O4Sn. The number of methoxy groups -OCH3 is 1. The van der Waals surface area contributed by atoms with Crippen LogP contribution in [-0.2, 0) is 19.0 Å². The van der Waals surface area contributed by atoms with Crippen LogP contribution in [0.2, 0.25) is 18.8 Å². The van der Waals surface area contributed by atoms with Crippen LogP contribution in [0.15, 0.2) is 0 Å². The molecule has 1 heterocycles. The van der Waals surface area contributed by atoms with Crippen LogP contribution in [-0.4, -0.2) is 50.0 Å². The number of hydrogen-bond acceptors (Lipinski definition) is 4. The summed E-state index contributed by atoms with van der Waals surface area (Å²) in [5.41, 5.74) is 0. The second kappa shape index (κ2) is 5.45. The van der Waals surface area contributed by atoms with Crippen molar-refractivity contribution >= 4 is 24.3 Å². The Morgan fingerprint density at radius 1 is 1.47 bits per heavy atom. The Morgan fingerprint density at radius 2 is 2.06 bits per heavy atom. The fourth-order valence-electron chi connectivity index (χ4n) is 2.09. The first kappa shape index (κ1) is 15.2. The van der Waals surface area contributed by atoms with Crippen LogP contribution in [0.4, 0.5) is 0 Å². The van der Waals surface area contributed by atoms with Gasteiger partial charge in [0.05, 0.1) is 0 Å². The van der Waals surface area contributed by atoms with Gasteiger partial charge in [-0.1, -0.05) is 0 Å². The summed E-state index contributed by atoms with van der Waals surface area (Å²) in [6.07, 6.45) is 0.750. The van der Waals surface area contributed by atoms with Crippen LogP contribution < -0.4 is 0 Å². The van der Waals surface area contributed by atoms with Crippen molar-refractivity contribution < 1.29 is 19.0 Å². The molecule has 0 aromatic heterocycles. The molecule has 0 amide bonds. The van der Waals surface area contributed by atoms with E-state index >= 15 is 0 Å². The van der Waals surface area contributed by atoms with Gasteiger partial charge < -0.3 is 0 Å². The molecule has 2 atom stereocenters. The Morgan fingerprint density at radius 3 is 2.41 bits per heavy atom. The average Bonchev–Trinajstić information content (AvgIpc) is 2.52. The zero-order chi connectivity index (χ0) is 13.3. The number of hydrogen-bond donors (Lipinski definition) is 0. The van der Waals surface area contributed by atoms with Gasteiger partial charge in [-0.05, 0) is 0 Å². The summed E-state index contributed by atoms with van der Waals surface area (Å²) in [5.74, 6) is -0.597. The predicted octanol–water partition coefficient (Wildman–Crippen LogP) is 2.41. The van der Waals surface area contributed by atoms with Crippen LogP contribution in [0.5, 0.6) is 0 Å². The summed E-state index contributed by atoms with van der Waals surface area (Å²) < 4.78 is 16.3. The summed E-state index contributed by atoms with van der Waals surface area (Å²) in [5, 5.41) is 0. The molecule has 17 heavy (non-hydrogen) atoms. The van der Waals surface area contributed by atoms with Crippen LogP contribution in [0.3, 0.4) is 0 Å². The molecule has 0 saturated carbocycles. The van der Waals surface area contributed by atoms with Gasteiger partial charge in [-0.25, -0.2) is 0 Å². The molecule has 4 nitrogen and oxygen atoms in total. The van der Waals surface area contributed by atoms with Crippen molar-refractivity contribution in [3.63, 3.8) is 0 Å². The molecule has 0 aromatic rings. The quantitative estimate of drug-likeness (QED) is 0.577. The molecule has 0 radical (unpaired) electrons. The van der Waals surface area contributed by atoms with Gasteiger partial charge in [0.2, 0.25) is 0 Å². The Labute approximate surface area is 108 Å². The van der Waals surface area contributed by atoms with E-state index in [1.807, 2.05) is 13.8 Å². The molecule has 0 bridgehead atoms. The third-order valence-corrected chi connectivity index (χ3v) is 10.4. The molecule has 1 aliphatic heterocycles. The van der Waals surface area contributed by atoms with Crippen molar-refractivity contribution in [1.29, 1.82) is 0 Å². The Balaban J connectivity index is 2.65. The second-order valence-corrected chi connectivity index (χ2v) is 21.6. The first-order valence-electron chi connectivity index (χ1n) is 6.05. The predicted molar refractivity (Wildman–Crippen MR) is 68.6 cm³/mol. The van der Waals surface area contributed by atoms with Gasteiger partial charge in [0.25, 0.3) is 0 Å². The first-order valence-corrected chi connectivity index (χ1v) is 16.3. The van der Waals surface area contributed by atoms with E-state index in [1.165, 1.54) is 7.11 Å². The molecular weight excluding hydrogens is 327 g/mol. The van der Waals surface area contributed by atoms with Gasteiger partial charge in [-0.15, -0.1) is 0 Å². The van der Waals surface area contributed by atoms with E-state index in [0.29, 0.717) is 6.61 Å². The topological polar surface area (TPSA) is 44.8 Å². The fraction of sp³-hybridized carbons (Fsp3) is 0.917. The minimum atomic E-state index is -2.34. The SMILES string of the molecule is COC(=O)[C@H](C[C@@H]1COC(C)(C)O1)[Sn]([CH3])([CH3])[CH3]. The maximum atomic E-state index is 11.8. The molecule has 5 heteroatoms. The molecule has 1 fully saturated rings. The Bertz CT molecular complexity index is 283. The third-order valence-electron chi connectivity index (χ3n) is 3.10. The third kappa shape index (κ3) is 4.41. The zero-order valence-corrected chi connectivity index (χ0v) is 14.6. The van der Waals surface area contributed by atoms with Crippen LogP contribution in [0.25, 0.3) is 0 Å². The zero-order valence-electron chi connectivity index (χ0n) is 11.7. The summed E-state index contributed by atoms with van der Waals surface area (Å²) >= 11 is -2.34. The number of esters is 1. The Hall–Kier alpha value is 0.189. The molecule has 0 unspecified atom stereocenters. The van der Waals surface area contributed by atoms with Crippen molar-refractivity contribution in [2.24, 2.45) is 0 Å². The van der Waals surface area contributed by atoms with Gasteiger partial charge in [0.1, 0.15) is 0 Å². The van der Waals surface area contributed by atoms with E-state index in [9.17, 15) is 4.79 Å². The van der Waals surface area contributed by atoms with E-state index < -0.39 is 24.2 Å². The van der Waals surface area contributed by atoms with Gasteiger partial charge in [-0.3, -0.25) is 0 Å². The summed E-state index contributed by atoms with van der Waals surface area (Å²) in [6.45, 7) is 4.38. The number of carbonyl (C=O) groups is 1. The molecule has 100 valence electrons. The maximum absolute atomic E-state index is 11.8. The monoisotopic (exact) mass is 352 g/mol. The second-order valence-electron chi connectivity index (χ2n) is 6.13. The van der Waals surface area contributed by atoms with E-state index in [2.05, 4.69) is 14.8 Å². The van der Waals surface area contributed by atoms with Crippen LogP contribution >= 0.6 is 0 Å². The number of carbonyl (C=O) groups excluding carboxylic acids is 1. The van der Waals surface area contributed by atoms with E-state index in [4.69, 9.17) is 14.2 Å². The molecule has 0 aliphatic carbocycles. The van der Waals surface area contributed by atoms with Crippen molar-refractivity contribution in [3.05, 3.63) is 0 Å². The molecule has 1 aliphatic rings. The van der Waals surface area contributed by atoms with E-state index in [0.717, 1.165) is 6.42 Å². The van der Waals surface area contributed by atoms with Gasteiger partial charge >= 0.3 is 108 Å². The summed E-state index contributed by atoms with van der Waals surface area (Å²) in [4.78, 5) is 18.6. The van der Waals surface area contributed by atoms with Crippen molar-refractivity contribution in [2.75, 3.05) is 13.7 Å². The van der Waals surface area contributed by atoms with Gasteiger partial charge in [0.15, 0.2) is 0 Å².